The molecule has 0 bridgehead atoms. The lowest BCUT2D eigenvalue weighted by molar-refractivity contribution is -0.141. The van der Waals surface area contributed by atoms with Gasteiger partial charge in [-0.3, -0.25) is 13.9 Å². The SMILES string of the molecule is CC[C@@H](C(=O)NC(C)(C)C)N(Cc1ccc(OC)cc1)C(=O)CN(c1cc(Cl)ccc1C)S(=O)(=O)c1ccc(C)cc1. The molecule has 0 spiro atoms. The molecule has 3 aromatic carbocycles. The number of hydrogen-bond acceptors (Lipinski definition) is 5. The van der Waals surface area contributed by atoms with Gasteiger partial charge in [0.05, 0.1) is 17.7 Å². The van der Waals surface area contributed by atoms with Crippen molar-refractivity contribution in [3.8, 4) is 5.75 Å². The molecule has 0 aromatic heterocycles. The zero-order chi connectivity index (χ0) is 31.2. The third-order valence-corrected chi connectivity index (χ3v) is 8.73. The third-order valence-electron chi connectivity index (χ3n) is 6.72. The van der Waals surface area contributed by atoms with Gasteiger partial charge in [0, 0.05) is 17.1 Å². The Morgan fingerprint density at radius 2 is 1.60 bits per heavy atom. The fourth-order valence-corrected chi connectivity index (χ4v) is 6.14. The van der Waals surface area contributed by atoms with Crippen molar-refractivity contribution in [2.75, 3.05) is 18.0 Å². The van der Waals surface area contributed by atoms with Crippen LogP contribution in [0.4, 0.5) is 5.69 Å². The maximum atomic E-state index is 14.2. The van der Waals surface area contributed by atoms with E-state index in [1.54, 1.807) is 50.4 Å². The predicted octanol–water partition coefficient (Wildman–Crippen LogP) is 5.88. The van der Waals surface area contributed by atoms with Crippen LogP contribution in [-0.2, 0) is 26.2 Å². The van der Waals surface area contributed by atoms with Crippen molar-refractivity contribution in [1.82, 2.24) is 10.2 Å². The first-order valence-corrected chi connectivity index (χ1v) is 15.6. The summed E-state index contributed by atoms with van der Waals surface area (Å²) in [6.45, 7) is 10.6. The number of nitrogens with zero attached hydrogens (tertiary/aromatic N) is 2. The molecular formula is C32H40ClN3O5S. The van der Waals surface area contributed by atoms with E-state index >= 15 is 0 Å². The van der Waals surface area contributed by atoms with Gasteiger partial charge in [0.15, 0.2) is 0 Å². The van der Waals surface area contributed by atoms with E-state index in [1.807, 2.05) is 46.8 Å². The lowest BCUT2D eigenvalue weighted by atomic mass is 10.1. The quantitative estimate of drug-likeness (QED) is 0.291. The number of ether oxygens (including phenoxy) is 1. The Morgan fingerprint density at radius 1 is 0.976 bits per heavy atom. The summed E-state index contributed by atoms with van der Waals surface area (Å²) in [6.07, 6.45) is 0.324. The molecular weight excluding hydrogens is 574 g/mol. The molecule has 0 aliphatic heterocycles. The zero-order valence-electron chi connectivity index (χ0n) is 25.3. The highest BCUT2D eigenvalue weighted by Crippen LogP contribution is 2.30. The summed E-state index contributed by atoms with van der Waals surface area (Å²) in [5, 5.41) is 3.30. The van der Waals surface area contributed by atoms with Gasteiger partial charge >= 0.3 is 0 Å². The van der Waals surface area contributed by atoms with Crippen molar-refractivity contribution in [3.05, 3.63) is 88.4 Å². The molecule has 3 rings (SSSR count). The molecule has 42 heavy (non-hydrogen) atoms. The molecule has 0 aliphatic rings. The first-order chi connectivity index (χ1) is 19.7. The van der Waals surface area contributed by atoms with Crippen LogP contribution in [0.1, 0.15) is 50.8 Å². The van der Waals surface area contributed by atoms with Crippen LogP contribution in [0.15, 0.2) is 71.6 Å². The minimum absolute atomic E-state index is 0.0412. The Balaban J connectivity index is 2.11. The van der Waals surface area contributed by atoms with E-state index in [4.69, 9.17) is 16.3 Å². The van der Waals surface area contributed by atoms with Gasteiger partial charge in [-0.1, -0.05) is 54.4 Å². The Bertz CT molecular complexity index is 1500. The molecule has 10 heteroatoms. The van der Waals surface area contributed by atoms with Gasteiger partial charge in [0.1, 0.15) is 18.3 Å². The van der Waals surface area contributed by atoms with Crippen molar-refractivity contribution >= 4 is 39.1 Å². The van der Waals surface area contributed by atoms with E-state index in [2.05, 4.69) is 5.32 Å². The van der Waals surface area contributed by atoms with E-state index < -0.39 is 34.1 Å². The van der Waals surface area contributed by atoms with E-state index in [9.17, 15) is 18.0 Å². The lowest BCUT2D eigenvalue weighted by Gasteiger charge is -2.35. The van der Waals surface area contributed by atoms with Gasteiger partial charge in [0.25, 0.3) is 10.0 Å². The van der Waals surface area contributed by atoms with Crippen LogP contribution in [0, 0.1) is 13.8 Å². The largest absolute Gasteiger partial charge is 0.497 e. The first-order valence-electron chi connectivity index (χ1n) is 13.8. The Kier molecular flexibility index (Phi) is 10.7. The molecule has 226 valence electrons. The normalized spacial score (nSPS) is 12.4. The Labute approximate surface area is 254 Å². The smallest absolute Gasteiger partial charge is 0.264 e. The fraction of sp³-hybridized carbons (Fsp3) is 0.375. The highest BCUT2D eigenvalue weighted by Gasteiger charge is 2.35. The molecule has 1 atom stereocenters. The summed E-state index contributed by atoms with van der Waals surface area (Å²) in [5.41, 5.74) is 2.04. The summed E-state index contributed by atoms with van der Waals surface area (Å²) < 4.78 is 34.5. The minimum atomic E-state index is -4.19. The topological polar surface area (TPSA) is 96.0 Å². The summed E-state index contributed by atoms with van der Waals surface area (Å²) >= 11 is 6.30. The number of anilines is 1. The molecule has 0 saturated carbocycles. The number of halogens is 1. The van der Waals surface area contributed by atoms with Crippen molar-refractivity contribution in [3.63, 3.8) is 0 Å². The number of rotatable bonds is 11. The molecule has 8 nitrogen and oxygen atoms in total. The number of hydrogen-bond donors (Lipinski definition) is 1. The lowest BCUT2D eigenvalue weighted by Crippen LogP contribution is -2.55. The number of aryl methyl sites for hydroxylation is 2. The van der Waals surface area contributed by atoms with E-state index in [0.29, 0.717) is 22.8 Å². The van der Waals surface area contributed by atoms with Crippen LogP contribution in [0.25, 0.3) is 0 Å². The van der Waals surface area contributed by atoms with E-state index in [1.165, 1.54) is 23.1 Å². The van der Waals surface area contributed by atoms with Crippen LogP contribution in [0.2, 0.25) is 5.02 Å². The molecule has 0 aliphatic carbocycles. The molecule has 0 heterocycles. The monoisotopic (exact) mass is 613 g/mol. The standard InChI is InChI=1S/C32H40ClN3O5S/c1-8-28(31(38)34-32(4,5)6)35(20-24-12-15-26(41-7)16-13-24)30(37)21-36(29-19-25(33)14-11-23(29)3)42(39,40)27-17-9-22(2)10-18-27/h9-19,28H,8,20-21H2,1-7H3,(H,34,38)/t28-/m0/s1. The third kappa shape index (κ3) is 8.26. The van der Waals surface area contributed by atoms with Crippen molar-refractivity contribution in [2.24, 2.45) is 0 Å². The Morgan fingerprint density at radius 3 is 2.14 bits per heavy atom. The number of nitrogens with one attached hydrogen (secondary N) is 1. The van der Waals surface area contributed by atoms with Gasteiger partial charge in [-0.05, 0) is 88.6 Å². The average molecular weight is 614 g/mol. The van der Waals surface area contributed by atoms with Gasteiger partial charge in [0.2, 0.25) is 11.8 Å². The maximum Gasteiger partial charge on any atom is 0.264 e. The molecule has 2 amide bonds. The van der Waals surface area contributed by atoms with Crippen LogP contribution in [0.3, 0.4) is 0 Å². The molecule has 0 fully saturated rings. The second-order valence-electron chi connectivity index (χ2n) is 11.3. The molecule has 1 N–H and O–H groups in total. The van der Waals surface area contributed by atoms with Gasteiger partial charge in [-0.15, -0.1) is 0 Å². The van der Waals surface area contributed by atoms with Crippen molar-refractivity contribution in [1.29, 1.82) is 0 Å². The first kappa shape index (κ1) is 32.9. The van der Waals surface area contributed by atoms with Gasteiger partial charge in [-0.25, -0.2) is 8.42 Å². The highest BCUT2D eigenvalue weighted by atomic mass is 35.5. The number of sulfonamides is 1. The molecule has 3 aromatic rings. The number of amides is 2. The van der Waals surface area contributed by atoms with Crippen LogP contribution in [0.5, 0.6) is 5.75 Å². The minimum Gasteiger partial charge on any atom is -0.497 e. The summed E-state index contributed by atoms with van der Waals surface area (Å²) in [6, 6.07) is 17.7. The van der Waals surface area contributed by atoms with Crippen LogP contribution >= 0.6 is 11.6 Å². The van der Waals surface area contributed by atoms with Crippen LogP contribution < -0.4 is 14.4 Å². The van der Waals surface area contributed by atoms with Crippen LogP contribution in [-0.4, -0.2) is 50.4 Å². The second-order valence-corrected chi connectivity index (χ2v) is 13.6. The van der Waals surface area contributed by atoms with Gasteiger partial charge < -0.3 is 15.0 Å². The number of benzene rings is 3. The molecule has 0 radical (unpaired) electrons. The van der Waals surface area contributed by atoms with Crippen molar-refractivity contribution < 1.29 is 22.7 Å². The maximum absolute atomic E-state index is 14.2. The molecule has 0 saturated heterocycles. The van der Waals surface area contributed by atoms with Crippen molar-refractivity contribution in [2.45, 2.75) is 71.0 Å². The summed E-state index contributed by atoms with van der Waals surface area (Å²) in [7, 11) is -2.63. The predicted molar refractivity (Wildman–Crippen MR) is 167 cm³/mol. The number of carbonyl (C=O) groups is 2. The average Bonchev–Trinajstić information content (AvgIpc) is 2.92. The van der Waals surface area contributed by atoms with E-state index in [0.717, 1.165) is 15.4 Å². The second kappa shape index (κ2) is 13.6. The fourth-order valence-electron chi connectivity index (χ4n) is 4.50. The summed E-state index contributed by atoms with van der Waals surface area (Å²) in [5.74, 6) is -0.198. The molecule has 0 unspecified atom stereocenters. The number of methoxy groups -OCH3 is 1. The zero-order valence-corrected chi connectivity index (χ0v) is 26.8. The Hall–Kier alpha value is -3.56. The number of carbonyl (C=O) groups excluding carboxylic acids is 2. The van der Waals surface area contributed by atoms with Gasteiger partial charge in [-0.2, -0.15) is 0 Å². The highest BCUT2D eigenvalue weighted by molar-refractivity contribution is 7.92. The summed E-state index contributed by atoms with van der Waals surface area (Å²) in [4.78, 5) is 29.2. The van der Waals surface area contributed by atoms with E-state index in [-0.39, 0.29) is 23.0 Å².